The molecule has 0 aromatic heterocycles. The molecule has 4 aliphatic carbocycles. The highest BCUT2D eigenvalue weighted by atomic mass is 16.3. The summed E-state index contributed by atoms with van der Waals surface area (Å²) in [6, 6.07) is 0. The Morgan fingerprint density at radius 1 is 1.19 bits per heavy atom. The number of fused-ring (bicyclic) bond motifs is 5. The van der Waals surface area contributed by atoms with Gasteiger partial charge < -0.3 is 15.3 Å². The standard InChI is InChI=1S/C28H46O3/c1-17(2)18(3)9-14-28(6,31)25-24(30)16-23-21-8-7-19-15-20(29)10-12-26(19,4)22(21)11-13-27(23,25)5/h7,17,20-25,29-31H,3,8-16H2,1-2,4-6H3. The number of rotatable bonds is 5. The Labute approximate surface area is 190 Å². The van der Waals surface area contributed by atoms with Crippen molar-refractivity contribution in [3.05, 3.63) is 23.8 Å². The SMILES string of the molecule is C=C(CCC(C)(O)C1C(O)CC2C3CC=C4CC(O)CCC4(C)C3CCC21C)C(C)C. The zero-order valence-corrected chi connectivity index (χ0v) is 20.5. The Balaban J connectivity index is 1.58. The van der Waals surface area contributed by atoms with Crippen LogP contribution in [0.3, 0.4) is 0 Å². The molecule has 3 fully saturated rings. The van der Waals surface area contributed by atoms with E-state index < -0.39 is 11.7 Å². The van der Waals surface area contributed by atoms with Crippen molar-refractivity contribution >= 4 is 0 Å². The monoisotopic (exact) mass is 430 g/mol. The summed E-state index contributed by atoms with van der Waals surface area (Å²) in [5, 5.41) is 33.2. The normalized spacial score (nSPS) is 46.5. The van der Waals surface area contributed by atoms with Crippen LogP contribution in [0.4, 0.5) is 0 Å². The predicted octanol–water partition coefficient (Wildman–Crippen LogP) is 5.64. The van der Waals surface area contributed by atoms with Crippen molar-refractivity contribution in [3.8, 4) is 0 Å². The zero-order valence-electron chi connectivity index (χ0n) is 20.5. The molecule has 3 saturated carbocycles. The lowest BCUT2D eigenvalue weighted by molar-refractivity contribution is -0.122. The minimum absolute atomic E-state index is 0.0148. The topological polar surface area (TPSA) is 60.7 Å². The lowest BCUT2D eigenvalue weighted by Gasteiger charge is -2.58. The summed E-state index contributed by atoms with van der Waals surface area (Å²) >= 11 is 0. The summed E-state index contributed by atoms with van der Waals surface area (Å²) in [6.07, 6.45) is 10.4. The Bertz CT molecular complexity index is 737. The molecule has 0 amide bonds. The van der Waals surface area contributed by atoms with Gasteiger partial charge in [-0.25, -0.2) is 0 Å². The molecular formula is C28H46O3. The van der Waals surface area contributed by atoms with E-state index >= 15 is 0 Å². The molecule has 0 aromatic rings. The first-order valence-corrected chi connectivity index (χ1v) is 12.9. The minimum Gasteiger partial charge on any atom is -0.393 e. The van der Waals surface area contributed by atoms with Crippen molar-refractivity contribution in [2.45, 2.75) is 110 Å². The first-order valence-electron chi connectivity index (χ1n) is 12.9. The summed E-state index contributed by atoms with van der Waals surface area (Å²) in [4.78, 5) is 0. The molecule has 31 heavy (non-hydrogen) atoms. The van der Waals surface area contributed by atoms with Crippen LogP contribution in [0.1, 0.15) is 92.4 Å². The Morgan fingerprint density at radius 2 is 1.90 bits per heavy atom. The number of aliphatic hydroxyl groups is 3. The van der Waals surface area contributed by atoms with Gasteiger partial charge in [-0.15, -0.1) is 0 Å². The number of hydrogen-bond acceptors (Lipinski definition) is 3. The average molecular weight is 431 g/mol. The predicted molar refractivity (Wildman–Crippen MR) is 126 cm³/mol. The molecule has 4 rings (SSSR count). The van der Waals surface area contributed by atoms with Gasteiger partial charge in [0.15, 0.2) is 0 Å². The summed E-state index contributed by atoms with van der Waals surface area (Å²) in [5.41, 5.74) is 2.01. The molecule has 3 nitrogen and oxygen atoms in total. The molecule has 9 atom stereocenters. The fourth-order valence-corrected chi connectivity index (χ4v) is 8.64. The second-order valence-electron chi connectivity index (χ2n) is 12.7. The van der Waals surface area contributed by atoms with Crippen LogP contribution in [0, 0.1) is 40.4 Å². The summed E-state index contributed by atoms with van der Waals surface area (Å²) in [6.45, 7) is 15.3. The van der Waals surface area contributed by atoms with Crippen LogP contribution >= 0.6 is 0 Å². The van der Waals surface area contributed by atoms with Gasteiger partial charge >= 0.3 is 0 Å². The number of allylic oxidation sites excluding steroid dienone is 2. The van der Waals surface area contributed by atoms with E-state index in [1.54, 1.807) is 0 Å². The Hall–Kier alpha value is -0.640. The van der Waals surface area contributed by atoms with Gasteiger partial charge in [-0.2, -0.15) is 0 Å². The Kier molecular flexibility index (Phi) is 6.06. The zero-order chi connectivity index (χ0) is 22.8. The van der Waals surface area contributed by atoms with Gasteiger partial charge in [-0.1, -0.05) is 51.5 Å². The van der Waals surface area contributed by atoms with E-state index in [2.05, 4.69) is 40.3 Å². The minimum atomic E-state index is -0.873. The van der Waals surface area contributed by atoms with E-state index in [0.29, 0.717) is 30.1 Å². The van der Waals surface area contributed by atoms with Gasteiger partial charge in [0.05, 0.1) is 17.8 Å². The first kappa shape index (κ1) is 23.5. The highest BCUT2D eigenvalue weighted by Crippen LogP contribution is 2.67. The second-order valence-corrected chi connectivity index (χ2v) is 12.7. The van der Waals surface area contributed by atoms with Gasteiger partial charge in [0.25, 0.3) is 0 Å². The van der Waals surface area contributed by atoms with E-state index in [1.165, 1.54) is 17.6 Å². The van der Waals surface area contributed by atoms with Crippen molar-refractivity contribution < 1.29 is 15.3 Å². The maximum absolute atomic E-state index is 11.6. The van der Waals surface area contributed by atoms with E-state index in [1.807, 2.05) is 6.92 Å². The lowest BCUT2D eigenvalue weighted by Crippen LogP contribution is -2.54. The van der Waals surface area contributed by atoms with Gasteiger partial charge in [0.1, 0.15) is 0 Å². The molecule has 4 aliphatic rings. The highest BCUT2D eigenvalue weighted by Gasteiger charge is 2.64. The third-order valence-corrected chi connectivity index (χ3v) is 10.5. The summed E-state index contributed by atoms with van der Waals surface area (Å²) < 4.78 is 0. The Morgan fingerprint density at radius 3 is 2.58 bits per heavy atom. The third kappa shape index (κ3) is 3.77. The van der Waals surface area contributed by atoms with Crippen molar-refractivity contribution in [2.24, 2.45) is 40.4 Å². The van der Waals surface area contributed by atoms with E-state index in [-0.39, 0.29) is 22.9 Å². The molecule has 0 bridgehead atoms. The van der Waals surface area contributed by atoms with Crippen molar-refractivity contribution in [1.29, 1.82) is 0 Å². The quantitative estimate of drug-likeness (QED) is 0.495. The van der Waals surface area contributed by atoms with E-state index in [4.69, 9.17) is 0 Å². The highest BCUT2D eigenvalue weighted by molar-refractivity contribution is 5.26. The summed E-state index contributed by atoms with van der Waals surface area (Å²) in [7, 11) is 0. The first-order chi connectivity index (χ1) is 14.4. The molecule has 0 radical (unpaired) electrons. The van der Waals surface area contributed by atoms with Crippen LogP contribution in [0.2, 0.25) is 0 Å². The van der Waals surface area contributed by atoms with Crippen LogP contribution in [-0.2, 0) is 0 Å². The molecule has 9 unspecified atom stereocenters. The molecule has 0 saturated heterocycles. The third-order valence-electron chi connectivity index (χ3n) is 10.5. The average Bonchev–Trinajstić information content (AvgIpc) is 2.97. The van der Waals surface area contributed by atoms with Crippen LogP contribution in [0.25, 0.3) is 0 Å². The molecule has 0 heterocycles. The number of hydrogen-bond donors (Lipinski definition) is 3. The number of aliphatic hydroxyl groups excluding tert-OH is 2. The van der Waals surface area contributed by atoms with Crippen molar-refractivity contribution in [3.63, 3.8) is 0 Å². The summed E-state index contributed by atoms with van der Waals surface area (Å²) in [5.74, 6) is 2.06. The molecule has 0 aliphatic heterocycles. The second kappa shape index (κ2) is 7.99. The lowest BCUT2D eigenvalue weighted by atomic mass is 9.46. The molecule has 0 spiro atoms. The van der Waals surface area contributed by atoms with Crippen molar-refractivity contribution in [2.75, 3.05) is 0 Å². The molecule has 176 valence electrons. The smallest absolute Gasteiger partial charge is 0.0680 e. The van der Waals surface area contributed by atoms with Gasteiger partial charge in [-0.05, 0) is 99.2 Å². The molecule has 3 heteroatoms. The largest absolute Gasteiger partial charge is 0.393 e. The van der Waals surface area contributed by atoms with Gasteiger partial charge in [0.2, 0.25) is 0 Å². The van der Waals surface area contributed by atoms with Gasteiger partial charge in [-0.3, -0.25) is 0 Å². The maximum atomic E-state index is 11.6. The van der Waals surface area contributed by atoms with E-state index in [0.717, 1.165) is 44.9 Å². The molecule has 3 N–H and O–H groups in total. The fourth-order valence-electron chi connectivity index (χ4n) is 8.64. The molecular weight excluding hydrogens is 384 g/mol. The van der Waals surface area contributed by atoms with E-state index in [9.17, 15) is 15.3 Å². The fraction of sp³-hybridized carbons (Fsp3) is 0.857. The van der Waals surface area contributed by atoms with Crippen molar-refractivity contribution in [1.82, 2.24) is 0 Å². The van der Waals surface area contributed by atoms with Crippen LogP contribution < -0.4 is 0 Å². The van der Waals surface area contributed by atoms with Crippen LogP contribution in [0.15, 0.2) is 23.8 Å². The maximum Gasteiger partial charge on any atom is 0.0680 e. The molecule has 0 aromatic carbocycles. The van der Waals surface area contributed by atoms with Gasteiger partial charge in [0, 0.05) is 5.92 Å². The van der Waals surface area contributed by atoms with Crippen LogP contribution in [-0.4, -0.2) is 33.1 Å². The van der Waals surface area contributed by atoms with Crippen LogP contribution in [0.5, 0.6) is 0 Å².